The van der Waals surface area contributed by atoms with Gasteiger partial charge in [-0.25, -0.2) is 0 Å². The Balaban J connectivity index is 1.64. The maximum absolute atomic E-state index is 5.94. The van der Waals surface area contributed by atoms with E-state index < -0.39 is 0 Å². The maximum atomic E-state index is 5.94. The molecule has 18 heavy (non-hydrogen) atoms. The fourth-order valence-electron chi connectivity index (χ4n) is 2.80. The van der Waals surface area contributed by atoms with Gasteiger partial charge in [-0.05, 0) is 37.1 Å². The number of rotatable bonds is 2. The highest BCUT2D eigenvalue weighted by molar-refractivity contribution is 9.10. The van der Waals surface area contributed by atoms with Crippen LogP contribution in [0.25, 0.3) is 0 Å². The molecule has 0 saturated carbocycles. The Kier molecular flexibility index (Phi) is 3.59. The minimum Gasteiger partial charge on any atom is -0.382 e. The Labute approximate surface area is 116 Å². The molecule has 3 nitrogen and oxygen atoms in total. The fraction of sp³-hybridized carbons (Fsp3) is 0.571. The van der Waals surface area contributed by atoms with Gasteiger partial charge in [-0.2, -0.15) is 0 Å². The summed E-state index contributed by atoms with van der Waals surface area (Å²) in [5, 5.41) is 3.60. The summed E-state index contributed by atoms with van der Waals surface area (Å²) in [6.45, 7) is 2.42. The van der Waals surface area contributed by atoms with E-state index in [1.54, 1.807) is 0 Å². The van der Waals surface area contributed by atoms with E-state index in [2.05, 4.69) is 45.5 Å². The second kappa shape index (κ2) is 5.19. The molecule has 2 heterocycles. The van der Waals surface area contributed by atoms with Crippen molar-refractivity contribution in [1.82, 2.24) is 0 Å². The van der Waals surface area contributed by atoms with Crippen molar-refractivity contribution in [2.24, 2.45) is 0 Å². The highest BCUT2D eigenvalue weighted by atomic mass is 79.9. The molecule has 0 amide bonds. The second-order valence-electron chi connectivity index (χ2n) is 5.18. The van der Waals surface area contributed by atoms with Crippen molar-refractivity contribution in [3.8, 4) is 0 Å². The number of anilines is 1. The maximum Gasteiger partial charge on any atom is 0.0956 e. The van der Waals surface area contributed by atoms with Crippen molar-refractivity contribution in [2.75, 3.05) is 25.1 Å². The summed E-state index contributed by atoms with van der Waals surface area (Å²) in [4.78, 5) is 0. The van der Waals surface area contributed by atoms with Gasteiger partial charge < -0.3 is 14.8 Å². The lowest BCUT2D eigenvalue weighted by atomic mass is 9.89. The highest BCUT2D eigenvalue weighted by Crippen LogP contribution is 2.34. The zero-order valence-electron chi connectivity index (χ0n) is 10.3. The van der Waals surface area contributed by atoms with Crippen LogP contribution < -0.4 is 5.32 Å². The minimum absolute atomic E-state index is 0.0225. The molecule has 2 unspecified atom stereocenters. The first-order valence-electron chi connectivity index (χ1n) is 6.50. The molecule has 2 fully saturated rings. The molecule has 1 aromatic carbocycles. The Morgan fingerprint density at radius 3 is 2.78 bits per heavy atom. The van der Waals surface area contributed by atoms with Gasteiger partial charge in [-0.15, -0.1) is 0 Å². The van der Waals surface area contributed by atoms with Crippen LogP contribution in [0.1, 0.15) is 19.3 Å². The molecule has 1 spiro atoms. The lowest BCUT2D eigenvalue weighted by molar-refractivity contribution is -0.0828. The molecule has 1 N–H and O–H groups in total. The monoisotopic (exact) mass is 311 g/mol. The number of benzene rings is 1. The first kappa shape index (κ1) is 12.5. The molecule has 0 aliphatic carbocycles. The highest BCUT2D eigenvalue weighted by Gasteiger charge is 2.40. The standard InChI is InChI=1S/C14H18BrNO2/c15-11-1-3-12(4-2-11)16-13-5-7-18-14(9-13)6-8-17-10-14/h1-4,13,16H,5-10H2. The molecule has 2 saturated heterocycles. The van der Waals surface area contributed by atoms with Crippen molar-refractivity contribution >= 4 is 21.6 Å². The van der Waals surface area contributed by atoms with Gasteiger partial charge in [0.1, 0.15) is 0 Å². The van der Waals surface area contributed by atoms with Crippen LogP contribution in [0.4, 0.5) is 5.69 Å². The zero-order valence-corrected chi connectivity index (χ0v) is 11.9. The van der Waals surface area contributed by atoms with Gasteiger partial charge in [-0.3, -0.25) is 0 Å². The van der Waals surface area contributed by atoms with Crippen molar-refractivity contribution in [1.29, 1.82) is 0 Å². The molecule has 2 aliphatic heterocycles. The number of halogens is 1. The van der Waals surface area contributed by atoms with Gasteiger partial charge >= 0.3 is 0 Å². The Hall–Kier alpha value is -0.580. The quantitative estimate of drug-likeness (QED) is 0.910. The van der Waals surface area contributed by atoms with Crippen molar-refractivity contribution < 1.29 is 9.47 Å². The summed E-state index contributed by atoms with van der Waals surface area (Å²) in [5.41, 5.74) is 1.16. The SMILES string of the molecule is Brc1ccc(NC2CCOC3(CCOC3)C2)cc1. The van der Waals surface area contributed by atoms with Crippen LogP contribution in [0.5, 0.6) is 0 Å². The summed E-state index contributed by atoms with van der Waals surface area (Å²) in [6.07, 6.45) is 3.15. The zero-order chi connectivity index (χ0) is 12.4. The van der Waals surface area contributed by atoms with E-state index in [0.717, 1.165) is 43.6 Å². The molecule has 2 atom stereocenters. The topological polar surface area (TPSA) is 30.5 Å². The van der Waals surface area contributed by atoms with E-state index in [-0.39, 0.29) is 5.60 Å². The molecule has 0 radical (unpaired) electrons. The van der Waals surface area contributed by atoms with Crippen LogP contribution in [-0.2, 0) is 9.47 Å². The lowest BCUT2D eigenvalue weighted by Gasteiger charge is -2.37. The normalized spacial score (nSPS) is 31.7. The summed E-state index contributed by atoms with van der Waals surface area (Å²) >= 11 is 3.46. The van der Waals surface area contributed by atoms with Gasteiger partial charge in [0, 0.05) is 35.8 Å². The number of hydrogen-bond acceptors (Lipinski definition) is 3. The molecular weight excluding hydrogens is 294 g/mol. The van der Waals surface area contributed by atoms with E-state index in [1.165, 1.54) is 5.69 Å². The van der Waals surface area contributed by atoms with Crippen LogP contribution in [0.2, 0.25) is 0 Å². The predicted octanol–water partition coefficient (Wildman–Crippen LogP) is 3.20. The van der Waals surface area contributed by atoms with E-state index >= 15 is 0 Å². The molecule has 1 aromatic rings. The molecule has 0 aromatic heterocycles. The predicted molar refractivity (Wildman–Crippen MR) is 74.9 cm³/mol. The summed E-state index contributed by atoms with van der Waals surface area (Å²) in [7, 11) is 0. The minimum atomic E-state index is -0.0225. The van der Waals surface area contributed by atoms with Gasteiger partial charge in [0.2, 0.25) is 0 Å². The smallest absolute Gasteiger partial charge is 0.0956 e. The third-order valence-electron chi connectivity index (χ3n) is 3.78. The fourth-order valence-corrected chi connectivity index (χ4v) is 3.06. The third-order valence-corrected chi connectivity index (χ3v) is 4.30. The van der Waals surface area contributed by atoms with Crippen LogP contribution in [0.15, 0.2) is 28.7 Å². The van der Waals surface area contributed by atoms with Crippen LogP contribution in [-0.4, -0.2) is 31.5 Å². The van der Waals surface area contributed by atoms with Gasteiger partial charge in [0.15, 0.2) is 0 Å². The lowest BCUT2D eigenvalue weighted by Crippen LogP contribution is -2.44. The first-order chi connectivity index (χ1) is 8.76. The van der Waals surface area contributed by atoms with Gasteiger partial charge in [0.25, 0.3) is 0 Å². The summed E-state index contributed by atoms with van der Waals surface area (Å²) < 4.78 is 12.5. The molecule has 0 bridgehead atoms. The largest absolute Gasteiger partial charge is 0.382 e. The van der Waals surface area contributed by atoms with Crippen molar-refractivity contribution in [2.45, 2.75) is 30.9 Å². The van der Waals surface area contributed by atoms with E-state index in [1.807, 2.05) is 0 Å². The molecule has 2 aliphatic rings. The average Bonchev–Trinajstić information content (AvgIpc) is 2.80. The number of hydrogen-bond donors (Lipinski definition) is 1. The average molecular weight is 312 g/mol. The van der Waals surface area contributed by atoms with Crippen LogP contribution in [0.3, 0.4) is 0 Å². The third kappa shape index (κ3) is 2.71. The Bertz CT molecular complexity index is 401. The van der Waals surface area contributed by atoms with Gasteiger partial charge in [0.05, 0.1) is 12.2 Å². The Morgan fingerprint density at radius 2 is 2.06 bits per heavy atom. The molecule has 4 heteroatoms. The Morgan fingerprint density at radius 1 is 1.22 bits per heavy atom. The van der Waals surface area contributed by atoms with E-state index in [4.69, 9.17) is 9.47 Å². The van der Waals surface area contributed by atoms with Crippen LogP contribution >= 0.6 is 15.9 Å². The summed E-state index contributed by atoms with van der Waals surface area (Å²) in [5.74, 6) is 0. The molecular formula is C14H18BrNO2. The summed E-state index contributed by atoms with van der Waals surface area (Å²) in [6, 6.07) is 8.84. The first-order valence-corrected chi connectivity index (χ1v) is 7.29. The van der Waals surface area contributed by atoms with Gasteiger partial charge in [-0.1, -0.05) is 15.9 Å². The second-order valence-corrected chi connectivity index (χ2v) is 6.09. The number of ether oxygens (including phenoxy) is 2. The molecule has 3 rings (SSSR count). The van der Waals surface area contributed by atoms with E-state index in [9.17, 15) is 0 Å². The number of nitrogens with one attached hydrogen (secondary N) is 1. The van der Waals surface area contributed by atoms with Crippen LogP contribution in [0, 0.1) is 0 Å². The van der Waals surface area contributed by atoms with Crippen molar-refractivity contribution in [3.05, 3.63) is 28.7 Å². The molecule has 98 valence electrons. The van der Waals surface area contributed by atoms with E-state index in [0.29, 0.717) is 6.04 Å². The van der Waals surface area contributed by atoms with Crippen molar-refractivity contribution in [3.63, 3.8) is 0 Å².